The molecule has 0 bridgehead atoms. The highest BCUT2D eigenvalue weighted by Gasteiger charge is 2.08. The molecule has 1 N–H and O–H groups in total. The van der Waals surface area contributed by atoms with Crippen LogP contribution >= 0.6 is 43.6 Å². The first kappa shape index (κ1) is 15.8. The minimum Gasteiger partial charge on any atom is -0.309 e. The van der Waals surface area contributed by atoms with Crippen LogP contribution in [-0.4, -0.2) is 9.97 Å². The first-order valence-corrected chi connectivity index (χ1v) is 8.83. The van der Waals surface area contributed by atoms with Gasteiger partial charge in [0.2, 0.25) is 0 Å². The Morgan fingerprint density at radius 2 is 2.15 bits per heavy atom. The SMILES string of the molecule is CCCc1nc(CSc2cccc(Br)c2)[nH]c(=O)c1Br. The monoisotopic (exact) mass is 416 g/mol. The lowest BCUT2D eigenvalue weighted by Crippen LogP contribution is -2.15. The number of thioether (sulfide) groups is 1. The minimum atomic E-state index is -0.103. The van der Waals surface area contributed by atoms with Gasteiger partial charge in [-0.25, -0.2) is 4.98 Å². The molecule has 0 saturated carbocycles. The highest BCUT2D eigenvalue weighted by molar-refractivity contribution is 9.10. The standard InChI is InChI=1S/C14H14Br2N2OS/c1-2-4-11-13(16)14(19)18-12(17-11)8-20-10-6-3-5-9(15)7-10/h3,5-7H,2,4,8H2,1H3,(H,17,18,19). The fraction of sp³-hybridized carbons (Fsp3) is 0.286. The molecule has 0 aliphatic carbocycles. The van der Waals surface area contributed by atoms with Crippen molar-refractivity contribution in [3.63, 3.8) is 0 Å². The Morgan fingerprint density at radius 1 is 1.35 bits per heavy atom. The minimum absolute atomic E-state index is 0.103. The average Bonchev–Trinajstić information content (AvgIpc) is 2.42. The number of nitrogens with zero attached hydrogens (tertiary/aromatic N) is 1. The van der Waals surface area contributed by atoms with Crippen molar-refractivity contribution in [2.45, 2.75) is 30.4 Å². The predicted molar refractivity (Wildman–Crippen MR) is 90.3 cm³/mol. The van der Waals surface area contributed by atoms with E-state index >= 15 is 0 Å². The quantitative estimate of drug-likeness (QED) is 0.726. The second-order valence-electron chi connectivity index (χ2n) is 4.27. The lowest BCUT2D eigenvalue weighted by atomic mass is 10.2. The number of hydrogen-bond donors (Lipinski definition) is 1. The Hall–Kier alpha value is -0.590. The molecule has 0 amide bonds. The van der Waals surface area contributed by atoms with E-state index in [1.165, 1.54) is 0 Å². The van der Waals surface area contributed by atoms with Gasteiger partial charge in [0.15, 0.2) is 0 Å². The second kappa shape index (κ2) is 7.43. The van der Waals surface area contributed by atoms with Crippen molar-refractivity contribution in [1.82, 2.24) is 9.97 Å². The van der Waals surface area contributed by atoms with Gasteiger partial charge < -0.3 is 4.98 Å². The Kier molecular flexibility index (Phi) is 5.86. The van der Waals surface area contributed by atoms with Crippen LogP contribution in [0.5, 0.6) is 0 Å². The van der Waals surface area contributed by atoms with Crippen LogP contribution < -0.4 is 5.56 Å². The summed E-state index contributed by atoms with van der Waals surface area (Å²) in [5, 5.41) is 0. The fourth-order valence-electron chi connectivity index (χ4n) is 1.74. The molecule has 0 aliphatic rings. The van der Waals surface area contributed by atoms with Gasteiger partial charge in [-0.05, 0) is 40.5 Å². The van der Waals surface area contributed by atoms with Crippen LogP contribution in [0, 0.1) is 0 Å². The zero-order valence-corrected chi connectivity index (χ0v) is 14.9. The maximum Gasteiger partial charge on any atom is 0.265 e. The number of benzene rings is 1. The third-order valence-corrected chi connectivity index (χ3v) is 4.95. The Balaban J connectivity index is 2.15. The van der Waals surface area contributed by atoms with E-state index in [-0.39, 0.29) is 5.56 Å². The molecule has 3 nitrogen and oxygen atoms in total. The summed E-state index contributed by atoms with van der Waals surface area (Å²) in [6.07, 6.45) is 1.77. The van der Waals surface area contributed by atoms with Gasteiger partial charge in [0, 0.05) is 9.37 Å². The summed E-state index contributed by atoms with van der Waals surface area (Å²) in [7, 11) is 0. The number of aryl methyl sites for hydroxylation is 1. The number of halogens is 2. The molecular weight excluding hydrogens is 404 g/mol. The summed E-state index contributed by atoms with van der Waals surface area (Å²) < 4.78 is 1.60. The molecule has 1 aromatic carbocycles. The second-order valence-corrected chi connectivity index (χ2v) is 7.03. The zero-order valence-electron chi connectivity index (χ0n) is 11.0. The van der Waals surface area contributed by atoms with Gasteiger partial charge in [-0.2, -0.15) is 0 Å². The van der Waals surface area contributed by atoms with Crippen LogP contribution in [-0.2, 0) is 12.2 Å². The van der Waals surface area contributed by atoms with E-state index in [1.54, 1.807) is 11.8 Å². The normalized spacial score (nSPS) is 10.8. The Labute approximate surface area is 138 Å². The average molecular weight is 418 g/mol. The maximum absolute atomic E-state index is 11.8. The van der Waals surface area contributed by atoms with Crippen LogP contribution in [0.1, 0.15) is 24.9 Å². The molecule has 106 valence electrons. The van der Waals surface area contributed by atoms with Crippen LogP contribution in [0.15, 0.2) is 42.9 Å². The first-order chi connectivity index (χ1) is 9.60. The molecular formula is C14H14Br2N2OS. The Morgan fingerprint density at radius 3 is 2.85 bits per heavy atom. The third kappa shape index (κ3) is 4.20. The molecule has 0 aliphatic heterocycles. The Bertz CT molecular complexity index is 658. The van der Waals surface area contributed by atoms with Crippen molar-refractivity contribution in [2.75, 3.05) is 0 Å². The van der Waals surface area contributed by atoms with Gasteiger partial charge in [0.05, 0.1) is 11.4 Å². The van der Waals surface area contributed by atoms with Gasteiger partial charge in [0.25, 0.3) is 5.56 Å². The zero-order chi connectivity index (χ0) is 14.5. The van der Waals surface area contributed by atoms with Crippen molar-refractivity contribution >= 4 is 43.6 Å². The van der Waals surface area contributed by atoms with Crippen molar-refractivity contribution in [2.24, 2.45) is 0 Å². The van der Waals surface area contributed by atoms with Gasteiger partial charge in [-0.1, -0.05) is 35.3 Å². The van der Waals surface area contributed by atoms with E-state index in [0.29, 0.717) is 16.0 Å². The largest absolute Gasteiger partial charge is 0.309 e. The first-order valence-electron chi connectivity index (χ1n) is 6.26. The number of hydrogen-bond acceptors (Lipinski definition) is 3. The van der Waals surface area contributed by atoms with Crippen molar-refractivity contribution in [3.8, 4) is 0 Å². The molecule has 2 aromatic rings. The molecule has 0 spiro atoms. The smallest absolute Gasteiger partial charge is 0.265 e. The topological polar surface area (TPSA) is 45.8 Å². The van der Waals surface area contributed by atoms with Crippen molar-refractivity contribution < 1.29 is 0 Å². The number of rotatable bonds is 5. The van der Waals surface area contributed by atoms with Gasteiger partial charge in [-0.3, -0.25) is 4.79 Å². The lowest BCUT2D eigenvalue weighted by molar-refractivity contribution is 0.835. The molecule has 0 saturated heterocycles. The molecule has 0 atom stereocenters. The van der Waals surface area contributed by atoms with Crippen LogP contribution in [0.2, 0.25) is 0 Å². The highest BCUT2D eigenvalue weighted by atomic mass is 79.9. The van der Waals surface area contributed by atoms with E-state index in [1.807, 2.05) is 18.2 Å². The molecule has 1 heterocycles. The van der Waals surface area contributed by atoms with Crippen LogP contribution in [0.3, 0.4) is 0 Å². The van der Waals surface area contributed by atoms with E-state index in [0.717, 1.165) is 27.9 Å². The van der Waals surface area contributed by atoms with E-state index in [4.69, 9.17) is 0 Å². The van der Waals surface area contributed by atoms with E-state index in [2.05, 4.69) is 54.8 Å². The maximum atomic E-state index is 11.8. The summed E-state index contributed by atoms with van der Waals surface area (Å²) in [5.41, 5.74) is 0.731. The summed E-state index contributed by atoms with van der Waals surface area (Å²) >= 11 is 8.40. The predicted octanol–water partition coefficient (Wildman–Crippen LogP) is 4.54. The van der Waals surface area contributed by atoms with Gasteiger partial charge in [-0.15, -0.1) is 11.8 Å². The molecule has 6 heteroatoms. The molecule has 2 rings (SSSR count). The lowest BCUT2D eigenvalue weighted by Gasteiger charge is -2.06. The molecule has 20 heavy (non-hydrogen) atoms. The summed E-state index contributed by atoms with van der Waals surface area (Å²) in [6.45, 7) is 2.07. The van der Waals surface area contributed by atoms with Crippen LogP contribution in [0.25, 0.3) is 0 Å². The van der Waals surface area contributed by atoms with E-state index in [9.17, 15) is 4.79 Å². The highest BCUT2D eigenvalue weighted by Crippen LogP contribution is 2.24. The molecule has 0 fully saturated rings. The van der Waals surface area contributed by atoms with Crippen LogP contribution in [0.4, 0.5) is 0 Å². The number of aromatic nitrogens is 2. The number of H-pyrrole nitrogens is 1. The molecule has 1 aromatic heterocycles. The summed E-state index contributed by atoms with van der Waals surface area (Å²) in [4.78, 5) is 20.3. The molecule has 0 unspecified atom stereocenters. The number of aromatic amines is 1. The van der Waals surface area contributed by atoms with E-state index < -0.39 is 0 Å². The number of nitrogens with one attached hydrogen (secondary N) is 1. The molecule has 0 radical (unpaired) electrons. The van der Waals surface area contributed by atoms with Gasteiger partial charge in [0.1, 0.15) is 10.3 Å². The summed E-state index contributed by atoms with van der Waals surface area (Å²) in [5.74, 6) is 1.36. The summed E-state index contributed by atoms with van der Waals surface area (Å²) in [6, 6.07) is 8.07. The third-order valence-electron chi connectivity index (χ3n) is 2.64. The van der Waals surface area contributed by atoms with Gasteiger partial charge >= 0.3 is 0 Å². The van der Waals surface area contributed by atoms with Crippen molar-refractivity contribution in [3.05, 3.63) is 55.1 Å². The van der Waals surface area contributed by atoms with Crippen molar-refractivity contribution in [1.29, 1.82) is 0 Å². The fourth-order valence-corrected chi connectivity index (χ4v) is 3.50.